The fraction of sp³-hybridized carbons (Fsp3) is 0.750. The van der Waals surface area contributed by atoms with Crippen molar-refractivity contribution in [1.29, 1.82) is 0 Å². The van der Waals surface area contributed by atoms with Gasteiger partial charge in [-0.25, -0.2) is 0 Å². The molecule has 1 aliphatic rings. The standard InChI is InChI=1S/C8H14N4/c1-2-11-4-3-8(5-11)12-6-9-10-7-12/h6-8H,2-5H2,1H3/t8-/m0/s1. The second kappa shape index (κ2) is 3.23. The van der Waals surface area contributed by atoms with E-state index in [2.05, 4.69) is 26.6 Å². The zero-order valence-corrected chi connectivity index (χ0v) is 7.35. The topological polar surface area (TPSA) is 34.0 Å². The van der Waals surface area contributed by atoms with Gasteiger partial charge in [0.05, 0.1) is 0 Å². The van der Waals surface area contributed by atoms with Crippen LogP contribution >= 0.6 is 0 Å². The lowest BCUT2D eigenvalue weighted by Gasteiger charge is -2.12. The van der Waals surface area contributed by atoms with Crippen LogP contribution in [0.3, 0.4) is 0 Å². The van der Waals surface area contributed by atoms with Crippen LogP contribution in [0.15, 0.2) is 12.7 Å². The Morgan fingerprint density at radius 2 is 2.17 bits per heavy atom. The fourth-order valence-corrected chi connectivity index (χ4v) is 1.74. The van der Waals surface area contributed by atoms with Crippen molar-refractivity contribution >= 4 is 0 Å². The van der Waals surface area contributed by atoms with Gasteiger partial charge in [-0.3, -0.25) is 0 Å². The highest BCUT2D eigenvalue weighted by Gasteiger charge is 2.21. The summed E-state index contributed by atoms with van der Waals surface area (Å²) in [5.41, 5.74) is 0. The minimum absolute atomic E-state index is 0.597. The van der Waals surface area contributed by atoms with Crippen LogP contribution in [0.5, 0.6) is 0 Å². The fourth-order valence-electron chi connectivity index (χ4n) is 1.74. The first-order chi connectivity index (χ1) is 5.90. The molecule has 1 atom stereocenters. The molecular weight excluding hydrogens is 152 g/mol. The van der Waals surface area contributed by atoms with E-state index in [1.807, 2.05) is 12.7 Å². The third kappa shape index (κ3) is 1.34. The van der Waals surface area contributed by atoms with Gasteiger partial charge in [-0.15, -0.1) is 10.2 Å². The number of rotatable bonds is 2. The van der Waals surface area contributed by atoms with Gasteiger partial charge >= 0.3 is 0 Å². The number of aromatic nitrogens is 3. The van der Waals surface area contributed by atoms with Crippen LogP contribution in [0.25, 0.3) is 0 Å². The van der Waals surface area contributed by atoms with E-state index in [1.54, 1.807) is 0 Å². The molecule has 0 bridgehead atoms. The monoisotopic (exact) mass is 166 g/mol. The third-order valence-corrected chi connectivity index (χ3v) is 2.55. The minimum atomic E-state index is 0.597. The lowest BCUT2D eigenvalue weighted by Crippen LogP contribution is -2.20. The number of likely N-dealkylation sites (N-methyl/N-ethyl adjacent to an activating group) is 1. The first kappa shape index (κ1) is 7.73. The van der Waals surface area contributed by atoms with Crippen molar-refractivity contribution in [2.75, 3.05) is 19.6 Å². The highest BCUT2D eigenvalue weighted by molar-refractivity contribution is 4.81. The zero-order valence-electron chi connectivity index (χ0n) is 7.35. The first-order valence-electron chi connectivity index (χ1n) is 4.46. The summed E-state index contributed by atoms with van der Waals surface area (Å²) in [5, 5.41) is 7.62. The van der Waals surface area contributed by atoms with Crippen molar-refractivity contribution in [2.24, 2.45) is 0 Å². The van der Waals surface area contributed by atoms with Gasteiger partial charge in [0.1, 0.15) is 12.7 Å². The molecule has 0 amide bonds. The van der Waals surface area contributed by atoms with Crippen LogP contribution in [-0.4, -0.2) is 39.3 Å². The number of nitrogens with zero attached hydrogens (tertiary/aromatic N) is 4. The molecule has 0 aromatic carbocycles. The maximum absolute atomic E-state index is 3.81. The lowest BCUT2D eigenvalue weighted by molar-refractivity contribution is 0.341. The van der Waals surface area contributed by atoms with Crippen molar-refractivity contribution in [3.8, 4) is 0 Å². The Hall–Kier alpha value is -0.900. The Balaban J connectivity index is 2.00. The molecule has 0 aliphatic carbocycles. The predicted molar refractivity (Wildman–Crippen MR) is 45.8 cm³/mol. The van der Waals surface area contributed by atoms with Crippen LogP contribution < -0.4 is 0 Å². The maximum atomic E-state index is 3.81. The number of hydrogen-bond acceptors (Lipinski definition) is 3. The molecule has 0 radical (unpaired) electrons. The molecule has 1 aliphatic heterocycles. The summed E-state index contributed by atoms with van der Waals surface area (Å²) in [6.45, 7) is 5.71. The normalized spacial score (nSPS) is 24.9. The summed E-state index contributed by atoms with van der Waals surface area (Å²) >= 11 is 0. The second-order valence-corrected chi connectivity index (χ2v) is 3.24. The molecule has 1 aromatic rings. The third-order valence-electron chi connectivity index (χ3n) is 2.55. The summed E-state index contributed by atoms with van der Waals surface area (Å²) in [7, 11) is 0. The largest absolute Gasteiger partial charge is 0.316 e. The summed E-state index contributed by atoms with van der Waals surface area (Å²) in [6.07, 6.45) is 4.85. The molecule has 1 aromatic heterocycles. The zero-order chi connectivity index (χ0) is 8.39. The van der Waals surface area contributed by atoms with Crippen molar-refractivity contribution < 1.29 is 0 Å². The van der Waals surface area contributed by atoms with Gasteiger partial charge < -0.3 is 9.47 Å². The molecule has 12 heavy (non-hydrogen) atoms. The Labute approximate surface area is 72.2 Å². The number of hydrogen-bond donors (Lipinski definition) is 0. The molecule has 0 spiro atoms. The second-order valence-electron chi connectivity index (χ2n) is 3.24. The smallest absolute Gasteiger partial charge is 0.119 e. The summed E-state index contributed by atoms with van der Waals surface area (Å²) in [4.78, 5) is 2.45. The van der Waals surface area contributed by atoms with Crippen molar-refractivity contribution in [2.45, 2.75) is 19.4 Å². The van der Waals surface area contributed by atoms with E-state index in [1.165, 1.54) is 13.0 Å². The van der Waals surface area contributed by atoms with Crippen molar-refractivity contribution in [1.82, 2.24) is 19.7 Å². The SMILES string of the molecule is CCN1CC[C@H](n2cnnc2)C1. The van der Waals surface area contributed by atoms with Crippen LogP contribution in [0.1, 0.15) is 19.4 Å². The molecule has 0 saturated carbocycles. The van der Waals surface area contributed by atoms with Gasteiger partial charge in [0, 0.05) is 19.1 Å². The van der Waals surface area contributed by atoms with E-state index in [0.717, 1.165) is 13.1 Å². The Morgan fingerprint density at radius 1 is 1.42 bits per heavy atom. The summed E-state index contributed by atoms with van der Waals surface area (Å²) in [5.74, 6) is 0. The molecule has 66 valence electrons. The average Bonchev–Trinajstić information content (AvgIpc) is 2.75. The minimum Gasteiger partial charge on any atom is -0.316 e. The van der Waals surface area contributed by atoms with Crippen LogP contribution in [0.2, 0.25) is 0 Å². The molecule has 2 heterocycles. The molecule has 1 saturated heterocycles. The average molecular weight is 166 g/mol. The molecule has 0 unspecified atom stereocenters. The van der Waals surface area contributed by atoms with E-state index in [4.69, 9.17) is 0 Å². The molecule has 2 rings (SSSR count). The van der Waals surface area contributed by atoms with Gasteiger partial charge in [0.25, 0.3) is 0 Å². The maximum Gasteiger partial charge on any atom is 0.119 e. The highest BCUT2D eigenvalue weighted by Crippen LogP contribution is 2.19. The van der Waals surface area contributed by atoms with Gasteiger partial charge in [-0.2, -0.15) is 0 Å². The lowest BCUT2D eigenvalue weighted by atomic mass is 10.3. The van der Waals surface area contributed by atoms with Gasteiger partial charge in [0.15, 0.2) is 0 Å². The first-order valence-corrected chi connectivity index (χ1v) is 4.46. The predicted octanol–water partition coefficient (Wildman–Crippen LogP) is 0.545. The van der Waals surface area contributed by atoms with Crippen LogP contribution in [0.4, 0.5) is 0 Å². The summed E-state index contributed by atoms with van der Waals surface area (Å²) < 4.78 is 2.11. The quantitative estimate of drug-likeness (QED) is 0.643. The van der Waals surface area contributed by atoms with Crippen molar-refractivity contribution in [3.63, 3.8) is 0 Å². The number of likely N-dealkylation sites (tertiary alicyclic amines) is 1. The Morgan fingerprint density at radius 3 is 2.75 bits per heavy atom. The van der Waals surface area contributed by atoms with E-state index in [-0.39, 0.29) is 0 Å². The van der Waals surface area contributed by atoms with Crippen LogP contribution in [-0.2, 0) is 0 Å². The van der Waals surface area contributed by atoms with Crippen molar-refractivity contribution in [3.05, 3.63) is 12.7 Å². The highest BCUT2D eigenvalue weighted by atomic mass is 15.3. The molecule has 4 nitrogen and oxygen atoms in total. The van der Waals surface area contributed by atoms with Gasteiger partial charge in [-0.05, 0) is 13.0 Å². The van der Waals surface area contributed by atoms with Gasteiger partial charge in [0.2, 0.25) is 0 Å². The molecule has 4 heteroatoms. The van der Waals surface area contributed by atoms with E-state index in [9.17, 15) is 0 Å². The van der Waals surface area contributed by atoms with E-state index < -0.39 is 0 Å². The Bertz CT molecular complexity index is 231. The Kier molecular flexibility index (Phi) is 2.08. The summed E-state index contributed by atoms with van der Waals surface area (Å²) in [6, 6.07) is 0.597. The molecule has 1 fully saturated rings. The van der Waals surface area contributed by atoms with E-state index in [0.29, 0.717) is 6.04 Å². The van der Waals surface area contributed by atoms with Gasteiger partial charge in [-0.1, -0.05) is 6.92 Å². The molecular formula is C8H14N4. The van der Waals surface area contributed by atoms with E-state index >= 15 is 0 Å². The van der Waals surface area contributed by atoms with Crippen LogP contribution in [0, 0.1) is 0 Å². The molecule has 0 N–H and O–H groups in total.